The van der Waals surface area contributed by atoms with Crippen LogP contribution < -0.4 is 14.4 Å². The molecule has 6 rings (SSSR count). The Morgan fingerprint density at radius 1 is 1.18 bits per heavy atom. The lowest BCUT2D eigenvalue weighted by atomic mass is 9.68. The lowest BCUT2D eigenvalue weighted by molar-refractivity contribution is 0.0177. The predicted molar refractivity (Wildman–Crippen MR) is 157 cm³/mol. The van der Waals surface area contributed by atoms with Gasteiger partial charge in [0.25, 0.3) is 5.91 Å². The van der Waals surface area contributed by atoms with Crippen molar-refractivity contribution in [2.75, 3.05) is 30.3 Å². The molecule has 0 aromatic heterocycles. The Morgan fingerprint density at radius 2 is 2.02 bits per heavy atom. The number of carbonyl (C=O) groups excluding carboxylic acids is 1. The molecule has 214 valence electrons. The number of hydrogen-bond acceptors (Lipinski definition) is 6. The molecule has 2 N–H and O–H groups in total. The maximum atomic E-state index is 13.2. The molecular weight excluding hydrogens is 548 g/mol. The second kappa shape index (κ2) is 10.7. The van der Waals surface area contributed by atoms with Gasteiger partial charge in [0.05, 0.1) is 24.2 Å². The van der Waals surface area contributed by atoms with E-state index in [4.69, 9.17) is 16.3 Å². The number of fused-ring (bicyclic) bond motifs is 4. The zero-order valence-electron chi connectivity index (χ0n) is 22.8. The molecule has 1 fully saturated rings. The lowest BCUT2D eigenvalue weighted by Gasteiger charge is -2.45. The first-order valence-corrected chi connectivity index (χ1v) is 16.4. The van der Waals surface area contributed by atoms with Crippen LogP contribution in [0.15, 0.2) is 48.6 Å². The lowest BCUT2D eigenvalue weighted by Crippen LogP contribution is -2.49. The third-order valence-corrected chi connectivity index (χ3v) is 11.0. The van der Waals surface area contributed by atoms with Gasteiger partial charge in [-0.3, -0.25) is 4.79 Å². The van der Waals surface area contributed by atoms with Crippen LogP contribution in [0.25, 0.3) is 0 Å². The monoisotopic (exact) mass is 584 g/mol. The van der Waals surface area contributed by atoms with Gasteiger partial charge in [-0.1, -0.05) is 36.7 Å². The first kappa shape index (κ1) is 27.6. The third-order valence-electron chi connectivity index (χ3n) is 9.30. The number of hydrogen-bond donors (Lipinski definition) is 2. The molecule has 5 atom stereocenters. The van der Waals surface area contributed by atoms with Crippen LogP contribution in [0, 0.1) is 17.8 Å². The van der Waals surface area contributed by atoms with Crippen molar-refractivity contribution < 1.29 is 23.1 Å². The van der Waals surface area contributed by atoms with E-state index in [1.54, 1.807) is 25.1 Å². The van der Waals surface area contributed by atoms with Gasteiger partial charge in [0, 0.05) is 29.1 Å². The minimum atomic E-state index is -3.85. The highest BCUT2D eigenvalue weighted by Crippen LogP contribution is 2.46. The Labute approximate surface area is 241 Å². The highest BCUT2D eigenvalue weighted by atomic mass is 35.5. The van der Waals surface area contributed by atoms with E-state index in [0.29, 0.717) is 31.2 Å². The Morgan fingerprint density at radius 3 is 2.83 bits per heavy atom. The van der Waals surface area contributed by atoms with E-state index >= 15 is 0 Å². The van der Waals surface area contributed by atoms with E-state index in [9.17, 15) is 18.3 Å². The molecule has 0 radical (unpaired) electrons. The number of aliphatic hydroxyl groups is 1. The average Bonchev–Trinajstić information content (AvgIpc) is 3.02. The quantitative estimate of drug-likeness (QED) is 0.430. The minimum Gasteiger partial charge on any atom is -0.490 e. The summed E-state index contributed by atoms with van der Waals surface area (Å²) in [5.41, 5.74) is 3.34. The maximum Gasteiger partial charge on any atom is 0.264 e. The van der Waals surface area contributed by atoms with Crippen molar-refractivity contribution in [2.45, 2.75) is 57.0 Å². The summed E-state index contributed by atoms with van der Waals surface area (Å²) < 4.78 is 34.3. The first-order chi connectivity index (χ1) is 19.1. The van der Waals surface area contributed by atoms with Gasteiger partial charge in [-0.25, -0.2) is 13.1 Å². The van der Waals surface area contributed by atoms with Gasteiger partial charge in [0.2, 0.25) is 10.0 Å². The SMILES string of the molecule is C[C@@H]1C=CC[C@H](O)[C@@H]2CC[C@H]2CN2C[C@@]3(CCCc4cc(Cl)ccc43)COc3ccc(cc32)C(=O)NS(=O)(=O)C1. The fourth-order valence-electron chi connectivity index (χ4n) is 7.13. The Bertz CT molecular complexity index is 1440. The number of nitrogens with one attached hydrogen (secondary N) is 1. The molecular formula is C31H37ClN2O5S. The zero-order valence-corrected chi connectivity index (χ0v) is 24.4. The number of allylic oxidation sites excluding steroid dienone is 1. The predicted octanol–water partition coefficient (Wildman–Crippen LogP) is 4.86. The highest BCUT2D eigenvalue weighted by Gasteiger charge is 2.44. The van der Waals surface area contributed by atoms with Crippen LogP contribution in [-0.4, -0.2) is 51.0 Å². The molecule has 2 aromatic carbocycles. The van der Waals surface area contributed by atoms with E-state index in [1.165, 1.54) is 11.1 Å². The van der Waals surface area contributed by atoms with Gasteiger partial charge in [0.15, 0.2) is 0 Å². The van der Waals surface area contributed by atoms with Crippen molar-refractivity contribution in [1.82, 2.24) is 4.72 Å². The second-order valence-corrected chi connectivity index (χ2v) is 14.4. The number of sulfonamides is 1. The van der Waals surface area contributed by atoms with E-state index in [1.807, 2.05) is 18.2 Å². The molecule has 40 heavy (non-hydrogen) atoms. The number of nitrogens with zero attached hydrogens (tertiary/aromatic N) is 1. The number of benzene rings is 2. The summed E-state index contributed by atoms with van der Waals surface area (Å²) in [6, 6.07) is 11.4. The number of halogens is 1. The van der Waals surface area contributed by atoms with Gasteiger partial charge < -0.3 is 14.7 Å². The highest BCUT2D eigenvalue weighted by molar-refractivity contribution is 7.90. The van der Waals surface area contributed by atoms with E-state index in [-0.39, 0.29) is 28.6 Å². The molecule has 0 saturated heterocycles. The molecule has 2 aromatic rings. The molecule has 4 aliphatic rings. The van der Waals surface area contributed by atoms with Gasteiger partial charge in [-0.15, -0.1) is 0 Å². The van der Waals surface area contributed by atoms with E-state index < -0.39 is 22.0 Å². The van der Waals surface area contributed by atoms with Gasteiger partial charge in [-0.05, 0) is 97.7 Å². The maximum absolute atomic E-state index is 13.2. The van der Waals surface area contributed by atoms with Crippen molar-refractivity contribution >= 4 is 33.2 Å². The summed E-state index contributed by atoms with van der Waals surface area (Å²) in [5.74, 6) is 0.0322. The number of aryl methyl sites for hydroxylation is 1. The van der Waals surface area contributed by atoms with Crippen molar-refractivity contribution in [2.24, 2.45) is 17.8 Å². The van der Waals surface area contributed by atoms with Crippen molar-refractivity contribution in [3.8, 4) is 5.75 Å². The number of rotatable bonds is 0. The molecule has 0 unspecified atom stereocenters. The van der Waals surface area contributed by atoms with Crippen molar-refractivity contribution in [3.63, 3.8) is 0 Å². The van der Waals surface area contributed by atoms with E-state index in [0.717, 1.165) is 49.4 Å². The van der Waals surface area contributed by atoms with Crippen LogP contribution in [0.5, 0.6) is 5.75 Å². The Balaban J connectivity index is 1.41. The first-order valence-electron chi connectivity index (χ1n) is 14.3. The summed E-state index contributed by atoms with van der Waals surface area (Å²) in [6.45, 7) is 3.73. The van der Waals surface area contributed by atoms with E-state index in [2.05, 4.69) is 21.8 Å². The molecule has 2 bridgehead atoms. The van der Waals surface area contributed by atoms with Crippen LogP contribution in [0.1, 0.15) is 60.5 Å². The summed E-state index contributed by atoms with van der Waals surface area (Å²) in [7, 11) is -3.85. The summed E-state index contributed by atoms with van der Waals surface area (Å²) >= 11 is 6.37. The van der Waals surface area contributed by atoms with Crippen LogP contribution in [0.3, 0.4) is 0 Å². The number of anilines is 1. The molecule has 1 saturated carbocycles. The largest absolute Gasteiger partial charge is 0.490 e. The minimum absolute atomic E-state index is 0.170. The average molecular weight is 585 g/mol. The van der Waals surface area contributed by atoms with Crippen molar-refractivity contribution in [3.05, 3.63) is 70.3 Å². The van der Waals surface area contributed by atoms with Gasteiger partial charge in [0.1, 0.15) is 5.75 Å². The Hall–Kier alpha value is -2.55. The van der Waals surface area contributed by atoms with Crippen LogP contribution >= 0.6 is 11.6 Å². The number of amides is 1. The smallest absolute Gasteiger partial charge is 0.264 e. The number of aliphatic hydroxyl groups excluding tert-OH is 1. The fourth-order valence-corrected chi connectivity index (χ4v) is 8.62. The van der Waals surface area contributed by atoms with Gasteiger partial charge >= 0.3 is 0 Å². The molecule has 1 amide bonds. The van der Waals surface area contributed by atoms with Crippen molar-refractivity contribution in [1.29, 1.82) is 0 Å². The topological polar surface area (TPSA) is 95.9 Å². The third kappa shape index (κ3) is 5.38. The number of ether oxygens (including phenoxy) is 1. The Kier molecular flexibility index (Phi) is 7.38. The molecule has 2 aliphatic carbocycles. The molecule has 9 heteroatoms. The molecule has 1 spiro atoms. The molecule has 7 nitrogen and oxygen atoms in total. The second-order valence-electron chi connectivity index (χ2n) is 12.2. The molecule has 2 heterocycles. The van der Waals surface area contributed by atoms with Crippen LogP contribution in [0.2, 0.25) is 5.02 Å². The number of carbonyl (C=O) groups is 1. The molecule has 2 aliphatic heterocycles. The van der Waals surface area contributed by atoms with Gasteiger partial charge in [-0.2, -0.15) is 0 Å². The summed E-state index contributed by atoms with van der Waals surface area (Å²) in [5, 5.41) is 11.8. The fraction of sp³-hybridized carbons (Fsp3) is 0.516. The zero-order chi connectivity index (χ0) is 28.1. The van der Waals surface area contributed by atoms with Crippen LogP contribution in [-0.2, 0) is 21.9 Å². The normalized spacial score (nSPS) is 31.7. The summed E-state index contributed by atoms with van der Waals surface area (Å²) in [4.78, 5) is 15.5. The standard InChI is InChI=1S/C31H37ClN2O5S/c1-20-4-2-6-28(35)25-10-7-23(25)16-34-18-31(13-3-5-21-14-24(32)9-11-26(21)31)19-39-29-12-8-22(15-27(29)34)30(36)33-40(37,38)17-20/h2,4,8-9,11-12,14-15,20,23,25,28,35H,3,5-7,10,13,16-19H2,1H3,(H,33,36)/t20-,23+,25-,28+,31+/m1/s1. The van der Waals surface area contributed by atoms with Crippen LogP contribution in [0.4, 0.5) is 5.69 Å². The summed E-state index contributed by atoms with van der Waals surface area (Å²) in [6.07, 6.45) is 8.69.